The number of methoxy groups -OCH3 is 1. The van der Waals surface area contributed by atoms with Crippen LogP contribution in [-0.2, 0) is 11.2 Å². The fourth-order valence-corrected chi connectivity index (χ4v) is 3.47. The van der Waals surface area contributed by atoms with Gasteiger partial charge in [-0.1, -0.05) is 35.6 Å². The number of nitrogens with one attached hydrogen (secondary N) is 3. The molecule has 0 aliphatic heterocycles. The summed E-state index contributed by atoms with van der Waals surface area (Å²) in [5, 5.41) is 17.2. The van der Waals surface area contributed by atoms with Crippen molar-refractivity contribution in [2.24, 2.45) is 0 Å². The summed E-state index contributed by atoms with van der Waals surface area (Å²) in [4.78, 5) is 36.2. The number of rotatable bonds is 10. The Morgan fingerprint density at radius 2 is 1.62 bits per heavy atom. The Morgan fingerprint density at radius 3 is 2.41 bits per heavy atom. The molecule has 10 heteroatoms. The summed E-state index contributed by atoms with van der Waals surface area (Å²) in [5.74, 6) is -0.0961. The highest BCUT2D eigenvalue weighted by Gasteiger charge is 2.11. The van der Waals surface area contributed by atoms with E-state index in [0.717, 1.165) is 0 Å². The van der Waals surface area contributed by atoms with E-state index < -0.39 is 0 Å². The molecular weight excluding hydrogens is 430 g/mol. The maximum Gasteiger partial charge on any atom is 0.251 e. The number of carbonyl (C=O) groups excluding carboxylic acids is 3. The molecular formula is C22H23N5O4S. The van der Waals surface area contributed by atoms with E-state index in [2.05, 4.69) is 26.1 Å². The second-order valence-electron chi connectivity index (χ2n) is 6.66. The van der Waals surface area contributed by atoms with Gasteiger partial charge >= 0.3 is 0 Å². The summed E-state index contributed by atoms with van der Waals surface area (Å²) >= 11 is 1.24. The molecule has 0 spiro atoms. The van der Waals surface area contributed by atoms with Crippen LogP contribution in [0.1, 0.15) is 32.1 Å². The fraction of sp³-hybridized carbons (Fsp3) is 0.227. The number of hydrogen-bond acceptors (Lipinski definition) is 7. The first-order valence-corrected chi connectivity index (χ1v) is 10.7. The Balaban J connectivity index is 1.37. The molecule has 166 valence electrons. The van der Waals surface area contributed by atoms with Gasteiger partial charge in [-0.25, -0.2) is 0 Å². The molecule has 1 heterocycles. The highest BCUT2D eigenvalue weighted by atomic mass is 32.1. The summed E-state index contributed by atoms with van der Waals surface area (Å²) < 4.78 is 5.12. The Morgan fingerprint density at radius 1 is 0.906 bits per heavy atom. The molecule has 3 N–H and O–H groups in total. The zero-order valence-corrected chi connectivity index (χ0v) is 18.3. The number of ether oxygens (including phenoxy) is 1. The summed E-state index contributed by atoms with van der Waals surface area (Å²) in [6.07, 6.45) is 0.598. The van der Waals surface area contributed by atoms with Crippen LogP contribution >= 0.6 is 11.3 Å². The molecule has 0 aliphatic carbocycles. The SMILES string of the molecule is COc1cccc(C(=O)NCCc2nnc(NC(=O)CCNC(=O)c3ccccc3)s2)c1. The molecule has 3 amide bonds. The second kappa shape index (κ2) is 11.6. The van der Waals surface area contributed by atoms with E-state index in [4.69, 9.17) is 4.74 Å². The topological polar surface area (TPSA) is 122 Å². The Hall–Kier alpha value is -3.79. The molecule has 0 saturated carbocycles. The maximum absolute atomic E-state index is 12.2. The van der Waals surface area contributed by atoms with E-state index >= 15 is 0 Å². The van der Waals surface area contributed by atoms with Crippen molar-refractivity contribution in [2.75, 3.05) is 25.5 Å². The van der Waals surface area contributed by atoms with Gasteiger partial charge in [0.2, 0.25) is 11.0 Å². The molecule has 0 unspecified atom stereocenters. The summed E-state index contributed by atoms with van der Waals surface area (Å²) in [5.41, 5.74) is 1.05. The third-order valence-electron chi connectivity index (χ3n) is 4.34. The second-order valence-corrected chi connectivity index (χ2v) is 7.72. The quantitative estimate of drug-likeness (QED) is 0.433. The third kappa shape index (κ3) is 6.88. The first kappa shape index (κ1) is 22.9. The standard InChI is InChI=1S/C22H23N5O4S/c1-31-17-9-5-8-16(14-17)21(30)24-13-11-19-26-27-22(32-19)25-18(28)10-12-23-20(29)15-6-3-2-4-7-15/h2-9,14H,10-13H2,1H3,(H,23,29)(H,24,30)(H,25,27,28). The van der Waals surface area contributed by atoms with Crippen LogP contribution in [0.4, 0.5) is 5.13 Å². The molecule has 0 atom stereocenters. The van der Waals surface area contributed by atoms with Crippen LogP contribution in [0, 0.1) is 0 Å². The first-order chi connectivity index (χ1) is 15.5. The van der Waals surface area contributed by atoms with Crippen LogP contribution in [0.3, 0.4) is 0 Å². The zero-order chi connectivity index (χ0) is 22.8. The van der Waals surface area contributed by atoms with Crippen LogP contribution in [0.5, 0.6) is 5.75 Å². The predicted octanol–water partition coefficient (Wildman–Crippen LogP) is 2.28. The smallest absolute Gasteiger partial charge is 0.251 e. The number of anilines is 1. The van der Waals surface area contributed by atoms with Gasteiger partial charge in [0.15, 0.2) is 0 Å². The van der Waals surface area contributed by atoms with Gasteiger partial charge in [-0.3, -0.25) is 14.4 Å². The van der Waals surface area contributed by atoms with Crippen molar-refractivity contribution >= 4 is 34.2 Å². The average molecular weight is 454 g/mol. The number of benzene rings is 2. The molecule has 0 fully saturated rings. The minimum atomic E-state index is -0.271. The lowest BCUT2D eigenvalue weighted by Crippen LogP contribution is -2.27. The summed E-state index contributed by atoms with van der Waals surface area (Å²) in [6.45, 7) is 0.589. The molecule has 0 aliphatic rings. The van der Waals surface area contributed by atoms with Crippen LogP contribution in [0.25, 0.3) is 0 Å². The molecule has 3 aromatic rings. The van der Waals surface area contributed by atoms with Gasteiger partial charge < -0.3 is 20.7 Å². The Labute approximate surface area is 189 Å². The Kier molecular flexibility index (Phi) is 8.27. The van der Waals surface area contributed by atoms with Gasteiger partial charge in [0.25, 0.3) is 11.8 Å². The van der Waals surface area contributed by atoms with Crippen molar-refractivity contribution in [1.29, 1.82) is 0 Å². The van der Waals surface area contributed by atoms with E-state index in [1.807, 2.05) is 6.07 Å². The molecule has 2 aromatic carbocycles. The molecule has 9 nitrogen and oxygen atoms in total. The van der Waals surface area contributed by atoms with Crippen molar-refractivity contribution in [3.05, 3.63) is 70.7 Å². The predicted molar refractivity (Wildman–Crippen MR) is 121 cm³/mol. The van der Waals surface area contributed by atoms with Crippen LogP contribution in [0.2, 0.25) is 0 Å². The first-order valence-electron chi connectivity index (χ1n) is 9.93. The largest absolute Gasteiger partial charge is 0.497 e. The summed E-state index contributed by atoms with van der Waals surface area (Å²) in [6, 6.07) is 15.7. The lowest BCUT2D eigenvalue weighted by molar-refractivity contribution is -0.116. The van der Waals surface area contributed by atoms with Gasteiger partial charge in [-0.15, -0.1) is 10.2 Å². The van der Waals surface area contributed by atoms with Crippen molar-refractivity contribution < 1.29 is 19.1 Å². The zero-order valence-electron chi connectivity index (χ0n) is 17.5. The third-order valence-corrected chi connectivity index (χ3v) is 5.24. The van der Waals surface area contributed by atoms with Crippen molar-refractivity contribution in [2.45, 2.75) is 12.8 Å². The minimum Gasteiger partial charge on any atom is -0.497 e. The number of amides is 3. The van der Waals surface area contributed by atoms with E-state index in [1.165, 1.54) is 11.3 Å². The normalized spacial score (nSPS) is 10.3. The van der Waals surface area contributed by atoms with Crippen molar-refractivity contribution in [1.82, 2.24) is 20.8 Å². The van der Waals surface area contributed by atoms with Gasteiger partial charge in [0.1, 0.15) is 10.8 Å². The molecule has 3 rings (SSSR count). The molecule has 0 radical (unpaired) electrons. The van der Waals surface area contributed by atoms with Gasteiger partial charge in [-0.2, -0.15) is 0 Å². The van der Waals surface area contributed by atoms with E-state index in [0.29, 0.717) is 40.0 Å². The van der Waals surface area contributed by atoms with Crippen LogP contribution in [-0.4, -0.2) is 48.1 Å². The monoisotopic (exact) mass is 453 g/mol. The van der Waals surface area contributed by atoms with Gasteiger partial charge in [-0.05, 0) is 30.3 Å². The van der Waals surface area contributed by atoms with Gasteiger partial charge in [0.05, 0.1) is 7.11 Å². The maximum atomic E-state index is 12.2. The lowest BCUT2D eigenvalue weighted by atomic mass is 10.2. The highest BCUT2D eigenvalue weighted by molar-refractivity contribution is 7.15. The molecule has 0 bridgehead atoms. The number of hydrogen-bond donors (Lipinski definition) is 3. The molecule has 0 saturated heterocycles. The van der Waals surface area contributed by atoms with Crippen LogP contribution in [0.15, 0.2) is 54.6 Å². The number of carbonyl (C=O) groups is 3. The van der Waals surface area contributed by atoms with Gasteiger partial charge in [0, 0.05) is 37.1 Å². The van der Waals surface area contributed by atoms with Crippen molar-refractivity contribution in [3.8, 4) is 5.75 Å². The summed E-state index contributed by atoms with van der Waals surface area (Å²) in [7, 11) is 1.55. The Bertz CT molecular complexity index is 1070. The van der Waals surface area contributed by atoms with E-state index in [-0.39, 0.29) is 30.7 Å². The minimum absolute atomic E-state index is 0.115. The fourth-order valence-electron chi connectivity index (χ4n) is 2.72. The molecule has 1 aromatic heterocycles. The van der Waals surface area contributed by atoms with E-state index in [1.54, 1.807) is 55.6 Å². The van der Waals surface area contributed by atoms with E-state index in [9.17, 15) is 14.4 Å². The number of nitrogens with zero attached hydrogens (tertiary/aromatic N) is 2. The molecule has 32 heavy (non-hydrogen) atoms. The van der Waals surface area contributed by atoms with Crippen LogP contribution < -0.4 is 20.7 Å². The average Bonchev–Trinajstić information content (AvgIpc) is 3.26. The lowest BCUT2D eigenvalue weighted by Gasteiger charge is -2.05. The van der Waals surface area contributed by atoms with Crippen molar-refractivity contribution in [3.63, 3.8) is 0 Å². The highest BCUT2D eigenvalue weighted by Crippen LogP contribution is 2.16. The number of aromatic nitrogens is 2.